The minimum atomic E-state index is -1.07. The molecule has 3 aliphatic rings. The van der Waals surface area contributed by atoms with E-state index in [4.69, 9.17) is 4.74 Å². The molecule has 1 saturated heterocycles. The molecule has 0 bridgehead atoms. The maximum atomic E-state index is 14.1. The number of hydrogen-bond donors (Lipinski definition) is 2. The zero-order valence-electron chi connectivity index (χ0n) is 21.5. The Bertz CT molecular complexity index is 1040. The average molecular weight is 478 g/mol. The van der Waals surface area contributed by atoms with Crippen LogP contribution >= 0.6 is 0 Å². The van der Waals surface area contributed by atoms with Crippen molar-refractivity contribution in [3.63, 3.8) is 0 Å². The van der Waals surface area contributed by atoms with Gasteiger partial charge in [-0.05, 0) is 56.6 Å². The number of carbonyl (C=O) groups excluding carboxylic acids is 2. The van der Waals surface area contributed by atoms with E-state index >= 15 is 0 Å². The van der Waals surface area contributed by atoms with Gasteiger partial charge in [0.1, 0.15) is 11.5 Å². The van der Waals surface area contributed by atoms with Crippen LogP contribution in [0.1, 0.15) is 53.0 Å². The molecule has 0 aromatic heterocycles. The number of ether oxygens (including phenoxy) is 1. The topological polar surface area (TPSA) is 75.6 Å². The summed E-state index contributed by atoms with van der Waals surface area (Å²) in [6.07, 6.45) is 11.3. The van der Waals surface area contributed by atoms with E-state index in [2.05, 4.69) is 56.4 Å². The van der Waals surface area contributed by atoms with Gasteiger partial charge >= 0.3 is 5.97 Å². The van der Waals surface area contributed by atoms with Crippen LogP contribution in [0.5, 0.6) is 0 Å². The van der Waals surface area contributed by atoms with E-state index in [0.29, 0.717) is 12.8 Å². The normalized spacial score (nSPS) is 39.0. The van der Waals surface area contributed by atoms with Gasteiger partial charge in [0.15, 0.2) is 0 Å². The fourth-order valence-electron chi connectivity index (χ4n) is 6.71. The van der Waals surface area contributed by atoms with Crippen LogP contribution < -0.4 is 5.32 Å². The summed E-state index contributed by atoms with van der Waals surface area (Å²) < 4.78 is 5.95. The lowest BCUT2D eigenvalue weighted by Gasteiger charge is -2.48. The third-order valence-corrected chi connectivity index (χ3v) is 8.28. The molecule has 5 nitrogen and oxygen atoms in total. The van der Waals surface area contributed by atoms with E-state index in [1.165, 1.54) is 12.5 Å². The molecule has 1 aliphatic heterocycles. The van der Waals surface area contributed by atoms with E-state index in [-0.39, 0.29) is 35.6 Å². The summed E-state index contributed by atoms with van der Waals surface area (Å²) in [5.74, 6) is -0.462. The molecule has 5 heteroatoms. The second-order valence-corrected chi connectivity index (χ2v) is 11.2. The van der Waals surface area contributed by atoms with Crippen molar-refractivity contribution in [1.29, 1.82) is 0 Å². The number of esters is 1. The van der Waals surface area contributed by atoms with Gasteiger partial charge in [0.05, 0.1) is 5.60 Å². The molecule has 1 fully saturated rings. The molecule has 1 aromatic carbocycles. The van der Waals surface area contributed by atoms with Gasteiger partial charge in [0, 0.05) is 24.8 Å². The molecule has 1 spiro atoms. The summed E-state index contributed by atoms with van der Waals surface area (Å²) in [6.45, 7) is 9.60. The molecule has 0 saturated carbocycles. The van der Waals surface area contributed by atoms with Crippen LogP contribution in [0.25, 0.3) is 0 Å². The molecule has 0 unspecified atom stereocenters. The minimum absolute atomic E-state index is 0.0866. The molecule has 1 aromatic rings. The van der Waals surface area contributed by atoms with Crippen molar-refractivity contribution in [1.82, 2.24) is 5.32 Å². The monoisotopic (exact) mass is 477 g/mol. The smallest absolute Gasteiger partial charge is 0.303 e. The van der Waals surface area contributed by atoms with Gasteiger partial charge in [0.2, 0.25) is 5.91 Å². The number of nitrogens with one attached hydrogen (secondary N) is 1. The quantitative estimate of drug-likeness (QED) is 0.486. The number of rotatable bonds is 3. The van der Waals surface area contributed by atoms with E-state index in [1.807, 2.05) is 18.2 Å². The highest BCUT2D eigenvalue weighted by Gasteiger charge is 2.65. The third-order valence-electron chi connectivity index (χ3n) is 8.28. The van der Waals surface area contributed by atoms with Crippen LogP contribution in [0.2, 0.25) is 0 Å². The minimum Gasteiger partial charge on any atom is -0.457 e. The molecule has 1 heterocycles. The molecule has 0 radical (unpaired) electrons. The second-order valence-electron chi connectivity index (χ2n) is 11.2. The summed E-state index contributed by atoms with van der Waals surface area (Å²) in [5.41, 5.74) is 0.341. The van der Waals surface area contributed by atoms with Gasteiger partial charge in [-0.2, -0.15) is 0 Å². The maximum Gasteiger partial charge on any atom is 0.303 e. The van der Waals surface area contributed by atoms with E-state index in [1.54, 1.807) is 19.1 Å². The highest BCUT2D eigenvalue weighted by atomic mass is 16.5. The zero-order valence-corrected chi connectivity index (χ0v) is 21.5. The lowest BCUT2D eigenvalue weighted by molar-refractivity contribution is -0.159. The van der Waals surface area contributed by atoms with Crippen LogP contribution in [-0.2, 0) is 20.7 Å². The Kier molecular flexibility index (Phi) is 7.10. The third kappa shape index (κ3) is 4.88. The first-order valence-corrected chi connectivity index (χ1v) is 12.8. The standard InChI is InChI=1S/C30H39NO4/c1-19-10-9-13-24-16-20(2)21(3)27-25(17-23-11-7-6-8-12-23)31-28(33)30(24,27)26(35-22(4)32)14-15-29(5,34)18-19/h6-9,11-16,19,21,24-27,34H,10,17-18H2,1-5H3,(H,31,33)/t19-,21+,24-,25-,26+,27-,29-,30+/m0/s1. The molecular weight excluding hydrogens is 438 g/mol. The van der Waals surface area contributed by atoms with Gasteiger partial charge in [-0.15, -0.1) is 0 Å². The Morgan fingerprint density at radius 3 is 2.60 bits per heavy atom. The summed E-state index contributed by atoms with van der Waals surface area (Å²) in [7, 11) is 0. The average Bonchev–Trinajstić information content (AvgIpc) is 3.06. The fraction of sp³-hybridized carbons (Fsp3) is 0.533. The number of aliphatic hydroxyl groups is 1. The summed E-state index contributed by atoms with van der Waals surface area (Å²) in [4.78, 5) is 26.5. The van der Waals surface area contributed by atoms with E-state index in [0.717, 1.165) is 12.0 Å². The van der Waals surface area contributed by atoms with Gasteiger partial charge < -0.3 is 15.2 Å². The Labute approximate surface area is 209 Å². The largest absolute Gasteiger partial charge is 0.457 e. The van der Waals surface area contributed by atoms with Crippen LogP contribution in [-0.4, -0.2) is 34.7 Å². The van der Waals surface area contributed by atoms with Crippen molar-refractivity contribution in [2.75, 3.05) is 0 Å². The molecule has 2 N–H and O–H groups in total. The number of allylic oxidation sites excluding steroid dienone is 4. The summed E-state index contributed by atoms with van der Waals surface area (Å²) >= 11 is 0. The predicted octanol–water partition coefficient (Wildman–Crippen LogP) is 4.77. The van der Waals surface area contributed by atoms with Crippen molar-refractivity contribution in [3.8, 4) is 0 Å². The first-order chi connectivity index (χ1) is 16.5. The Morgan fingerprint density at radius 2 is 1.91 bits per heavy atom. The number of benzene rings is 1. The molecule has 188 valence electrons. The molecule has 1 amide bonds. The molecule has 4 rings (SSSR count). The summed E-state index contributed by atoms with van der Waals surface area (Å²) in [5, 5.41) is 14.4. The van der Waals surface area contributed by atoms with E-state index < -0.39 is 23.1 Å². The van der Waals surface area contributed by atoms with Crippen LogP contribution in [0.15, 0.2) is 66.3 Å². The summed E-state index contributed by atoms with van der Waals surface area (Å²) in [6, 6.07) is 10.1. The molecule has 2 aliphatic carbocycles. The van der Waals surface area contributed by atoms with Gasteiger partial charge in [-0.25, -0.2) is 0 Å². The first-order valence-electron chi connectivity index (χ1n) is 12.8. The Morgan fingerprint density at radius 1 is 1.20 bits per heavy atom. The zero-order chi connectivity index (χ0) is 25.4. The molecule has 8 atom stereocenters. The Balaban J connectivity index is 1.90. The van der Waals surface area contributed by atoms with Gasteiger partial charge in [-0.3, -0.25) is 9.59 Å². The first kappa shape index (κ1) is 25.4. The van der Waals surface area contributed by atoms with Crippen molar-refractivity contribution < 1.29 is 19.4 Å². The Hall–Kier alpha value is -2.66. The highest BCUT2D eigenvalue weighted by molar-refractivity contribution is 5.89. The van der Waals surface area contributed by atoms with Gasteiger partial charge in [0.25, 0.3) is 0 Å². The SMILES string of the molecule is CC(=O)O[C@@H]1C=C[C@](C)(O)C[C@@H](C)CC=C[C@H]2C=C(C)[C@@H](C)[C@H]3[C@H](Cc4ccccc4)NC(=O)[C@@]231. The van der Waals surface area contributed by atoms with Crippen LogP contribution in [0.3, 0.4) is 0 Å². The van der Waals surface area contributed by atoms with Crippen LogP contribution in [0.4, 0.5) is 0 Å². The van der Waals surface area contributed by atoms with Crippen molar-refractivity contribution >= 4 is 11.9 Å². The van der Waals surface area contributed by atoms with Crippen LogP contribution in [0, 0.1) is 29.1 Å². The number of carbonyl (C=O) groups is 2. The second kappa shape index (κ2) is 9.77. The van der Waals surface area contributed by atoms with Crippen molar-refractivity contribution in [2.45, 2.75) is 71.6 Å². The highest BCUT2D eigenvalue weighted by Crippen LogP contribution is 2.56. The van der Waals surface area contributed by atoms with Crippen molar-refractivity contribution in [2.24, 2.45) is 29.1 Å². The lowest BCUT2D eigenvalue weighted by atomic mass is 9.54. The van der Waals surface area contributed by atoms with Crippen molar-refractivity contribution in [3.05, 3.63) is 71.8 Å². The van der Waals surface area contributed by atoms with Gasteiger partial charge in [-0.1, -0.05) is 74.1 Å². The number of hydrogen-bond acceptors (Lipinski definition) is 4. The number of amides is 1. The molecular formula is C30H39NO4. The maximum absolute atomic E-state index is 14.1. The lowest BCUT2D eigenvalue weighted by Crippen LogP contribution is -2.55. The fourth-order valence-corrected chi connectivity index (χ4v) is 6.71. The molecule has 35 heavy (non-hydrogen) atoms. The predicted molar refractivity (Wildman–Crippen MR) is 137 cm³/mol. The van der Waals surface area contributed by atoms with E-state index in [9.17, 15) is 14.7 Å².